The number of phenolic OH excluding ortho intramolecular Hbond substituents is 1. The van der Waals surface area contributed by atoms with E-state index in [1.165, 1.54) is 5.56 Å². The minimum absolute atomic E-state index is 0.324. The van der Waals surface area contributed by atoms with E-state index >= 15 is 0 Å². The van der Waals surface area contributed by atoms with Crippen LogP contribution in [0.3, 0.4) is 0 Å². The second-order valence-electron chi connectivity index (χ2n) is 4.20. The van der Waals surface area contributed by atoms with Crippen LogP contribution >= 0.6 is 0 Å². The largest absolute Gasteiger partial charge is 0.508 e. The van der Waals surface area contributed by atoms with E-state index in [2.05, 4.69) is 5.32 Å². The van der Waals surface area contributed by atoms with E-state index in [1.807, 2.05) is 43.3 Å². The SMILES string of the molecule is COc1ccc(CNc2ccc(O)c(C)c2)cc1. The summed E-state index contributed by atoms with van der Waals surface area (Å²) in [5.41, 5.74) is 3.05. The number of nitrogens with one attached hydrogen (secondary N) is 1. The molecule has 0 bridgehead atoms. The van der Waals surface area contributed by atoms with Crippen LogP contribution in [0.5, 0.6) is 11.5 Å². The van der Waals surface area contributed by atoms with E-state index < -0.39 is 0 Å². The predicted octanol–water partition coefficient (Wildman–Crippen LogP) is 3.32. The van der Waals surface area contributed by atoms with E-state index in [0.717, 1.165) is 23.5 Å². The number of phenols is 1. The average Bonchev–Trinajstić information content (AvgIpc) is 2.41. The fourth-order valence-corrected chi connectivity index (χ4v) is 1.71. The standard InChI is InChI=1S/C15H17NO2/c1-11-9-13(5-8-15(11)17)16-10-12-3-6-14(18-2)7-4-12/h3-9,16-17H,10H2,1-2H3. The molecule has 3 nitrogen and oxygen atoms in total. The van der Waals surface area contributed by atoms with Crippen LogP contribution < -0.4 is 10.1 Å². The Morgan fingerprint density at radius 3 is 2.44 bits per heavy atom. The van der Waals surface area contributed by atoms with Gasteiger partial charge in [-0.1, -0.05) is 12.1 Å². The van der Waals surface area contributed by atoms with Gasteiger partial charge < -0.3 is 15.2 Å². The molecule has 0 amide bonds. The summed E-state index contributed by atoms with van der Waals surface area (Å²) in [7, 11) is 1.66. The van der Waals surface area contributed by atoms with Crippen LogP contribution in [0.4, 0.5) is 5.69 Å². The summed E-state index contributed by atoms with van der Waals surface area (Å²) < 4.78 is 5.11. The van der Waals surface area contributed by atoms with Gasteiger partial charge >= 0.3 is 0 Å². The second-order valence-corrected chi connectivity index (χ2v) is 4.20. The molecule has 0 aliphatic rings. The average molecular weight is 243 g/mol. The lowest BCUT2D eigenvalue weighted by Gasteiger charge is -2.08. The van der Waals surface area contributed by atoms with Gasteiger partial charge in [-0.15, -0.1) is 0 Å². The predicted molar refractivity (Wildman–Crippen MR) is 73.2 cm³/mol. The van der Waals surface area contributed by atoms with Crippen LogP contribution in [0.15, 0.2) is 42.5 Å². The van der Waals surface area contributed by atoms with Crippen molar-refractivity contribution >= 4 is 5.69 Å². The van der Waals surface area contributed by atoms with Crippen molar-refractivity contribution in [3.05, 3.63) is 53.6 Å². The van der Waals surface area contributed by atoms with E-state index in [9.17, 15) is 5.11 Å². The molecule has 0 atom stereocenters. The number of rotatable bonds is 4. The normalized spacial score (nSPS) is 10.1. The molecule has 2 N–H and O–H groups in total. The van der Waals surface area contributed by atoms with E-state index in [1.54, 1.807) is 13.2 Å². The Bertz CT molecular complexity index is 521. The summed E-state index contributed by atoms with van der Waals surface area (Å²) in [4.78, 5) is 0. The molecule has 0 aliphatic carbocycles. The van der Waals surface area contributed by atoms with Crippen LogP contribution in [-0.2, 0) is 6.54 Å². The molecular formula is C15H17NO2. The Hall–Kier alpha value is -2.16. The third kappa shape index (κ3) is 2.94. The van der Waals surface area contributed by atoms with E-state index in [-0.39, 0.29) is 0 Å². The number of ether oxygens (including phenoxy) is 1. The van der Waals surface area contributed by atoms with Gasteiger partial charge in [-0.05, 0) is 48.4 Å². The quantitative estimate of drug-likeness (QED) is 0.809. The van der Waals surface area contributed by atoms with Crippen LogP contribution in [0.1, 0.15) is 11.1 Å². The van der Waals surface area contributed by atoms with E-state index in [4.69, 9.17) is 4.74 Å². The number of hydrogen-bond donors (Lipinski definition) is 2. The molecule has 2 rings (SSSR count). The van der Waals surface area contributed by atoms with Crippen molar-refractivity contribution in [3.8, 4) is 11.5 Å². The first-order valence-corrected chi connectivity index (χ1v) is 5.85. The third-order valence-corrected chi connectivity index (χ3v) is 2.85. The lowest BCUT2D eigenvalue weighted by Crippen LogP contribution is -1.99. The van der Waals surface area contributed by atoms with Crippen molar-refractivity contribution in [1.29, 1.82) is 0 Å². The van der Waals surface area contributed by atoms with Gasteiger partial charge in [0, 0.05) is 12.2 Å². The van der Waals surface area contributed by atoms with Crippen molar-refractivity contribution < 1.29 is 9.84 Å². The molecule has 0 radical (unpaired) electrons. The lowest BCUT2D eigenvalue weighted by molar-refractivity contribution is 0.414. The summed E-state index contributed by atoms with van der Waals surface area (Å²) in [5.74, 6) is 1.18. The van der Waals surface area contributed by atoms with Gasteiger partial charge in [0.05, 0.1) is 7.11 Å². The van der Waals surface area contributed by atoms with Gasteiger partial charge in [-0.25, -0.2) is 0 Å². The lowest BCUT2D eigenvalue weighted by atomic mass is 10.2. The highest BCUT2D eigenvalue weighted by Crippen LogP contribution is 2.20. The number of anilines is 1. The fourth-order valence-electron chi connectivity index (χ4n) is 1.71. The fraction of sp³-hybridized carbons (Fsp3) is 0.200. The number of methoxy groups -OCH3 is 1. The molecule has 0 spiro atoms. The second kappa shape index (κ2) is 5.45. The first-order chi connectivity index (χ1) is 8.69. The van der Waals surface area contributed by atoms with Crippen LogP contribution in [0.2, 0.25) is 0 Å². The van der Waals surface area contributed by atoms with Gasteiger partial charge in [0.25, 0.3) is 0 Å². The Kier molecular flexibility index (Phi) is 3.72. The molecule has 3 heteroatoms. The zero-order valence-corrected chi connectivity index (χ0v) is 10.6. The first-order valence-electron chi connectivity index (χ1n) is 5.85. The number of aromatic hydroxyl groups is 1. The van der Waals surface area contributed by atoms with Gasteiger partial charge in [-0.2, -0.15) is 0 Å². The van der Waals surface area contributed by atoms with Gasteiger partial charge in [0.1, 0.15) is 11.5 Å². The smallest absolute Gasteiger partial charge is 0.118 e. The minimum Gasteiger partial charge on any atom is -0.508 e. The van der Waals surface area contributed by atoms with Crippen LogP contribution in [-0.4, -0.2) is 12.2 Å². The summed E-state index contributed by atoms with van der Waals surface area (Å²) in [5, 5.41) is 12.8. The molecule has 0 aromatic heterocycles. The van der Waals surface area contributed by atoms with Gasteiger partial charge in [0.15, 0.2) is 0 Å². The molecule has 0 fully saturated rings. The molecule has 0 heterocycles. The maximum atomic E-state index is 9.44. The Balaban J connectivity index is 1.99. The summed E-state index contributed by atoms with van der Waals surface area (Å²) in [6.07, 6.45) is 0. The monoisotopic (exact) mass is 243 g/mol. The maximum absolute atomic E-state index is 9.44. The molecule has 2 aromatic carbocycles. The van der Waals surface area contributed by atoms with Crippen molar-refractivity contribution in [2.45, 2.75) is 13.5 Å². The van der Waals surface area contributed by atoms with Gasteiger partial charge in [-0.3, -0.25) is 0 Å². The Morgan fingerprint density at radius 2 is 1.83 bits per heavy atom. The Morgan fingerprint density at radius 1 is 1.11 bits per heavy atom. The molecule has 94 valence electrons. The number of hydrogen-bond acceptors (Lipinski definition) is 3. The van der Waals surface area contributed by atoms with Crippen molar-refractivity contribution in [2.24, 2.45) is 0 Å². The minimum atomic E-state index is 0.324. The highest BCUT2D eigenvalue weighted by molar-refractivity contribution is 5.50. The van der Waals surface area contributed by atoms with Crippen molar-refractivity contribution in [1.82, 2.24) is 0 Å². The molecule has 0 unspecified atom stereocenters. The Labute approximate surface area is 107 Å². The maximum Gasteiger partial charge on any atom is 0.118 e. The van der Waals surface area contributed by atoms with Gasteiger partial charge in [0.2, 0.25) is 0 Å². The topological polar surface area (TPSA) is 41.5 Å². The first kappa shape index (κ1) is 12.3. The zero-order chi connectivity index (χ0) is 13.0. The third-order valence-electron chi connectivity index (χ3n) is 2.85. The zero-order valence-electron chi connectivity index (χ0n) is 10.6. The summed E-state index contributed by atoms with van der Waals surface area (Å²) in [6, 6.07) is 13.4. The molecule has 0 aliphatic heterocycles. The number of benzene rings is 2. The van der Waals surface area contributed by atoms with Crippen molar-refractivity contribution in [3.63, 3.8) is 0 Å². The van der Waals surface area contributed by atoms with Crippen molar-refractivity contribution in [2.75, 3.05) is 12.4 Å². The van der Waals surface area contributed by atoms with Crippen LogP contribution in [0, 0.1) is 6.92 Å². The molecule has 2 aromatic rings. The van der Waals surface area contributed by atoms with Crippen LogP contribution in [0.25, 0.3) is 0 Å². The van der Waals surface area contributed by atoms with E-state index in [0.29, 0.717) is 5.75 Å². The summed E-state index contributed by atoms with van der Waals surface area (Å²) in [6.45, 7) is 2.63. The molecule has 18 heavy (non-hydrogen) atoms. The molecular weight excluding hydrogens is 226 g/mol. The highest BCUT2D eigenvalue weighted by atomic mass is 16.5. The molecule has 0 saturated heterocycles. The summed E-state index contributed by atoms with van der Waals surface area (Å²) >= 11 is 0. The molecule has 0 saturated carbocycles. The number of aryl methyl sites for hydroxylation is 1. The highest BCUT2D eigenvalue weighted by Gasteiger charge is 1.98.